The number of nitrogens with one attached hydrogen (secondary N) is 1. The monoisotopic (exact) mass is 396 g/mol. The standard InChI is InChI=1S/C17H21FN4O4S/c1-3-12-5-4-6-13(18)15(12)16-19-14(11-21(16)2)17(23)20-27(24,25)22-7-9-26-10-8-22/h4-6,11H,3,7-10H2,1-2H3,(H,20,23). The zero-order valence-corrected chi connectivity index (χ0v) is 15.9. The summed E-state index contributed by atoms with van der Waals surface area (Å²) in [6.45, 7) is 2.78. The minimum atomic E-state index is -3.99. The molecule has 8 nitrogen and oxygen atoms in total. The van der Waals surface area contributed by atoms with Crippen LogP contribution in [-0.4, -0.2) is 54.5 Å². The van der Waals surface area contributed by atoms with Crippen LogP contribution in [0.25, 0.3) is 11.4 Å². The summed E-state index contributed by atoms with van der Waals surface area (Å²) in [5.41, 5.74) is 0.948. The van der Waals surface area contributed by atoms with Crippen molar-refractivity contribution in [2.45, 2.75) is 13.3 Å². The molecule has 1 aromatic carbocycles. The lowest BCUT2D eigenvalue weighted by Gasteiger charge is -2.25. The summed E-state index contributed by atoms with van der Waals surface area (Å²) < 4.78 is 48.8. The van der Waals surface area contributed by atoms with Gasteiger partial charge in [-0.15, -0.1) is 0 Å². The van der Waals surface area contributed by atoms with Crippen molar-refractivity contribution < 1.29 is 22.3 Å². The molecule has 10 heteroatoms. The molecule has 0 saturated carbocycles. The van der Waals surface area contributed by atoms with Crippen LogP contribution >= 0.6 is 0 Å². The molecule has 27 heavy (non-hydrogen) atoms. The van der Waals surface area contributed by atoms with E-state index in [1.54, 1.807) is 19.2 Å². The van der Waals surface area contributed by atoms with Gasteiger partial charge in [-0.3, -0.25) is 4.79 Å². The Morgan fingerprint density at radius 2 is 2.04 bits per heavy atom. The Morgan fingerprint density at radius 1 is 1.33 bits per heavy atom. The highest BCUT2D eigenvalue weighted by Crippen LogP contribution is 2.26. The van der Waals surface area contributed by atoms with Crippen LogP contribution in [0.2, 0.25) is 0 Å². The lowest BCUT2D eigenvalue weighted by molar-refractivity contribution is 0.0718. The van der Waals surface area contributed by atoms with Crippen LogP contribution in [0.15, 0.2) is 24.4 Å². The maximum atomic E-state index is 14.4. The molecule has 1 aliphatic rings. The Kier molecular flexibility index (Phi) is 5.59. The molecule has 0 spiro atoms. The maximum absolute atomic E-state index is 14.4. The third-order valence-corrected chi connectivity index (χ3v) is 5.83. The smallest absolute Gasteiger partial charge is 0.304 e. The van der Waals surface area contributed by atoms with Gasteiger partial charge in [0.2, 0.25) is 0 Å². The quantitative estimate of drug-likeness (QED) is 0.817. The predicted octanol–water partition coefficient (Wildman–Crippen LogP) is 1.10. The number of rotatable bonds is 5. The van der Waals surface area contributed by atoms with E-state index in [1.807, 2.05) is 11.6 Å². The fraction of sp³-hybridized carbons (Fsp3) is 0.412. The van der Waals surface area contributed by atoms with Crippen LogP contribution in [0.1, 0.15) is 23.0 Å². The van der Waals surface area contributed by atoms with Crippen LogP contribution < -0.4 is 4.72 Å². The molecule has 1 amide bonds. The van der Waals surface area contributed by atoms with E-state index in [4.69, 9.17) is 4.74 Å². The lowest BCUT2D eigenvalue weighted by Crippen LogP contribution is -2.48. The Morgan fingerprint density at radius 3 is 2.70 bits per heavy atom. The van der Waals surface area contributed by atoms with E-state index in [-0.39, 0.29) is 37.8 Å². The molecule has 2 heterocycles. The molecule has 1 saturated heterocycles. The summed E-state index contributed by atoms with van der Waals surface area (Å²) in [4.78, 5) is 16.6. The minimum absolute atomic E-state index is 0.102. The molecular formula is C17H21FN4O4S. The molecule has 2 aromatic rings. The maximum Gasteiger partial charge on any atom is 0.304 e. The first-order valence-corrected chi connectivity index (χ1v) is 9.98. The molecule has 146 valence electrons. The number of amides is 1. The number of hydrogen-bond acceptors (Lipinski definition) is 5. The van der Waals surface area contributed by atoms with Crippen molar-refractivity contribution in [3.63, 3.8) is 0 Å². The SMILES string of the molecule is CCc1cccc(F)c1-c1nc(C(=O)NS(=O)(=O)N2CCOCC2)cn1C. The summed E-state index contributed by atoms with van der Waals surface area (Å²) >= 11 is 0. The second-order valence-electron chi connectivity index (χ2n) is 6.14. The highest BCUT2D eigenvalue weighted by atomic mass is 32.2. The number of morpholine rings is 1. The van der Waals surface area contributed by atoms with Gasteiger partial charge in [0, 0.05) is 26.3 Å². The van der Waals surface area contributed by atoms with Crippen LogP contribution in [0, 0.1) is 5.82 Å². The zero-order valence-electron chi connectivity index (χ0n) is 15.1. The fourth-order valence-electron chi connectivity index (χ4n) is 2.94. The van der Waals surface area contributed by atoms with Crippen LogP contribution in [0.4, 0.5) is 4.39 Å². The van der Waals surface area contributed by atoms with E-state index >= 15 is 0 Å². The highest BCUT2D eigenvalue weighted by molar-refractivity contribution is 7.87. The molecule has 1 fully saturated rings. The van der Waals surface area contributed by atoms with Crippen molar-refractivity contribution in [3.05, 3.63) is 41.5 Å². The van der Waals surface area contributed by atoms with Crippen LogP contribution in [0.5, 0.6) is 0 Å². The van der Waals surface area contributed by atoms with Gasteiger partial charge in [-0.2, -0.15) is 12.7 Å². The number of benzene rings is 1. The normalized spacial score (nSPS) is 15.7. The molecule has 1 aliphatic heterocycles. The molecular weight excluding hydrogens is 375 g/mol. The Balaban J connectivity index is 1.87. The van der Waals surface area contributed by atoms with E-state index < -0.39 is 21.9 Å². The van der Waals surface area contributed by atoms with Gasteiger partial charge in [0.1, 0.15) is 17.3 Å². The van der Waals surface area contributed by atoms with Crippen LogP contribution in [-0.2, 0) is 28.4 Å². The number of nitrogens with zero attached hydrogens (tertiary/aromatic N) is 3. The zero-order chi connectivity index (χ0) is 19.6. The number of halogens is 1. The summed E-state index contributed by atoms with van der Waals surface area (Å²) in [5, 5.41) is 0. The van der Waals surface area contributed by atoms with Crippen molar-refractivity contribution in [1.29, 1.82) is 0 Å². The lowest BCUT2D eigenvalue weighted by atomic mass is 10.0. The summed E-state index contributed by atoms with van der Waals surface area (Å²) in [6, 6.07) is 4.73. The van der Waals surface area contributed by atoms with Gasteiger partial charge in [-0.05, 0) is 18.1 Å². The first-order chi connectivity index (χ1) is 12.8. The highest BCUT2D eigenvalue weighted by Gasteiger charge is 2.28. The van der Waals surface area contributed by atoms with Crippen molar-refractivity contribution in [2.75, 3.05) is 26.3 Å². The minimum Gasteiger partial charge on any atom is -0.379 e. The number of aryl methyl sites for hydroxylation is 2. The number of aromatic nitrogens is 2. The van der Waals surface area contributed by atoms with Gasteiger partial charge in [0.05, 0.1) is 18.8 Å². The molecule has 0 aliphatic carbocycles. The number of carbonyl (C=O) groups excluding carboxylic acids is 1. The Bertz CT molecular complexity index is 952. The summed E-state index contributed by atoms with van der Waals surface area (Å²) in [7, 11) is -2.36. The third-order valence-electron chi connectivity index (χ3n) is 4.35. The first-order valence-electron chi connectivity index (χ1n) is 8.54. The van der Waals surface area contributed by atoms with E-state index in [2.05, 4.69) is 4.98 Å². The molecule has 1 N–H and O–H groups in total. The number of ether oxygens (including phenoxy) is 1. The Labute approximate surface area is 157 Å². The average molecular weight is 396 g/mol. The largest absolute Gasteiger partial charge is 0.379 e. The molecule has 3 rings (SSSR count). The molecule has 0 atom stereocenters. The van der Waals surface area contributed by atoms with E-state index in [0.717, 1.165) is 9.87 Å². The van der Waals surface area contributed by atoms with E-state index in [9.17, 15) is 17.6 Å². The number of carbonyl (C=O) groups is 1. The summed E-state index contributed by atoms with van der Waals surface area (Å²) in [6.07, 6.45) is 1.97. The van der Waals surface area contributed by atoms with Crippen molar-refractivity contribution in [1.82, 2.24) is 18.6 Å². The molecule has 0 radical (unpaired) electrons. The van der Waals surface area contributed by atoms with Crippen molar-refractivity contribution in [3.8, 4) is 11.4 Å². The van der Waals surface area contributed by atoms with E-state index in [0.29, 0.717) is 12.0 Å². The van der Waals surface area contributed by atoms with Crippen molar-refractivity contribution in [2.24, 2.45) is 7.05 Å². The Hall–Kier alpha value is -2.30. The molecule has 1 aromatic heterocycles. The van der Waals surface area contributed by atoms with Gasteiger partial charge < -0.3 is 9.30 Å². The van der Waals surface area contributed by atoms with Gasteiger partial charge in [0.15, 0.2) is 0 Å². The summed E-state index contributed by atoms with van der Waals surface area (Å²) in [5.74, 6) is -1.05. The predicted molar refractivity (Wildman–Crippen MR) is 96.8 cm³/mol. The number of imidazole rings is 1. The first kappa shape index (κ1) is 19.5. The average Bonchev–Trinajstić information content (AvgIpc) is 3.03. The van der Waals surface area contributed by atoms with Gasteiger partial charge in [0.25, 0.3) is 5.91 Å². The van der Waals surface area contributed by atoms with Crippen LogP contribution in [0.3, 0.4) is 0 Å². The third kappa shape index (κ3) is 4.02. The second-order valence-corrected chi connectivity index (χ2v) is 7.81. The van der Waals surface area contributed by atoms with Gasteiger partial charge in [-0.25, -0.2) is 14.1 Å². The topological polar surface area (TPSA) is 93.5 Å². The van der Waals surface area contributed by atoms with Gasteiger partial charge >= 0.3 is 10.2 Å². The van der Waals surface area contributed by atoms with E-state index in [1.165, 1.54) is 16.8 Å². The second kappa shape index (κ2) is 7.75. The molecule has 0 bridgehead atoms. The number of hydrogen-bond donors (Lipinski definition) is 1. The molecule has 0 unspecified atom stereocenters. The van der Waals surface area contributed by atoms with Gasteiger partial charge in [-0.1, -0.05) is 19.1 Å². The fourth-order valence-corrected chi connectivity index (χ4v) is 4.04. The van der Waals surface area contributed by atoms with Crippen molar-refractivity contribution >= 4 is 16.1 Å².